The molecular weight excluding hydrogens is 232 g/mol. The van der Waals surface area contributed by atoms with Gasteiger partial charge in [-0.1, -0.05) is 37.5 Å². The van der Waals surface area contributed by atoms with E-state index in [-0.39, 0.29) is 0 Å². The van der Waals surface area contributed by atoms with E-state index in [0.29, 0.717) is 6.04 Å². The molecule has 0 aromatic heterocycles. The van der Waals surface area contributed by atoms with Crippen molar-refractivity contribution in [1.29, 1.82) is 0 Å². The highest BCUT2D eigenvalue weighted by Crippen LogP contribution is 2.27. The summed E-state index contributed by atoms with van der Waals surface area (Å²) < 4.78 is 0. The van der Waals surface area contributed by atoms with Gasteiger partial charge in [-0.3, -0.25) is 0 Å². The van der Waals surface area contributed by atoms with E-state index in [1.807, 2.05) is 0 Å². The molecule has 1 unspecified atom stereocenters. The maximum absolute atomic E-state index is 3.66. The maximum atomic E-state index is 3.66. The predicted molar refractivity (Wildman–Crippen MR) is 81.6 cm³/mol. The fraction of sp³-hybridized carbons (Fsp3) is 0.647. The first-order chi connectivity index (χ1) is 9.31. The number of para-hydroxylation sites is 1. The fourth-order valence-electron chi connectivity index (χ4n) is 3.75. The summed E-state index contributed by atoms with van der Waals surface area (Å²) in [6, 6.07) is 9.33. The third-order valence-electron chi connectivity index (χ3n) is 4.67. The minimum absolute atomic E-state index is 0.603. The summed E-state index contributed by atoms with van der Waals surface area (Å²) in [5.74, 6) is 0.947. The van der Waals surface area contributed by atoms with Crippen molar-refractivity contribution in [3.05, 3.63) is 29.8 Å². The van der Waals surface area contributed by atoms with Crippen LogP contribution in [-0.4, -0.2) is 31.1 Å². The van der Waals surface area contributed by atoms with Crippen LogP contribution in [0.25, 0.3) is 0 Å². The van der Waals surface area contributed by atoms with E-state index in [2.05, 4.69) is 41.5 Å². The Balaban J connectivity index is 1.47. The standard InChI is InChI=1S/C17H26N2/c1-19(12-14-7-3-2-4-8-14)13-16-11-15-9-5-6-10-17(15)18-16/h5-6,9-10,14,16,18H,2-4,7-8,11-13H2,1H3. The summed E-state index contributed by atoms with van der Waals surface area (Å²) in [5.41, 5.74) is 2.83. The number of hydrogen-bond donors (Lipinski definition) is 1. The molecule has 2 aliphatic rings. The second-order valence-electron chi connectivity index (χ2n) is 6.43. The minimum atomic E-state index is 0.603. The van der Waals surface area contributed by atoms with Gasteiger partial charge in [-0.25, -0.2) is 0 Å². The quantitative estimate of drug-likeness (QED) is 0.888. The second-order valence-corrected chi connectivity index (χ2v) is 6.43. The highest BCUT2D eigenvalue weighted by Gasteiger charge is 2.22. The van der Waals surface area contributed by atoms with E-state index >= 15 is 0 Å². The fourth-order valence-corrected chi connectivity index (χ4v) is 3.75. The summed E-state index contributed by atoms with van der Waals surface area (Å²) in [6.07, 6.45) is 8.44. The van der Waals surface area contributed by atoms with Crippen LogP contribution in [0.5, 0.6) is 0 Å². The molecule has 1 atom stereocenters. The molecule has 2 heteroatoms. The zero-order valence-electron chi connectivity index (χ0n) is 12.1. The molecule has 2 nitrogen and oxygen atoms in total. The van der Waals surface area contributed by atoms with Crippen LogP contribution in [-0.2, 0) is 6.42 Å². The molecule has 1 aliphatic heterocycles. The molecule has 0 saturated heterocycles. The monoisotopic (exact) mass is 258 g/mol. The Bertz CT molecular complexity index is 384. The average molecular weight is 258 g/mol. The maximum Gasteiger partial charge on any atom is 0.0429 e. The van der Waals surface area contributed by atoms with Crippen molar-refractivity contribution in [2.45, 2.75) is 44.6 Å². The average Bonchev–Trinajstić information content (AvgIpc) is 2.81. The molecule has 19 heavy (non-hydrogen) atoms. The van der Waals surface area contributed by atoms with E-state index in [1.165, 1.54) is 62.9 Å². The van der Waals surface area contributed by atoms with E-state index in [1.54, 1.807) is 0 Å². The molecule has 1 aliphatic carbocycles. The van der Waals surface area contributed by atoms with E-state index in [4.69, 9.17) is 0 Å². The predicted octanol–water partition coefficient (Wildman–Crippen LogP) is 3.54. The lowest BCUT2D eigenvalue weighted by molar-refractivity contribution is 0.228. The van der Waals surface area contributed by atoms with Gasteiger partial charge in [-0.15, -0.1) is 0 Å². The molecule has 0 bridgehead atoms. The van der Waals surface area contributed by atoms with Crippen molar-refractivity contribution in [1.82, 2.24) is 4.90 Å². The molecular formula is C17H26N2. The van der Waals surface area contributed by atoms with Gasteiger partial charge in [0, 0.05) is 24.8 Å². The number of nitrogens with one attached hydrogen (secondary N) is 1. The molecule has 0 spiro atoms. The molecule has 1 N–H and O–H groups in total. The lowest BCUT2D eigenvalue weighted by atomic mass is 9.89. The highest BCUT2D eigenvalue weighted by atomic mass is 15.1. The molecule has 1 saturated carbocycles. The molecule has 1 heterocycles. The van der Waals surface area contributed by atoms with Crippen molar-refractivity contribution >= 4 is 5.69 Å². The summed E-state index contributed by atoms with van der Waals surface area (Å²) >= 11 is 0. The summed E-state index contributed by atoms with van der Waals surface area (Å²) in [5, 5.41) is 3.66. The van der Waals surface area contributed by atoms with Gasteiger partial charge < -0.3 is 10.2 Å². The van der Waals surface area contributed by atoms with Crippen molar-refractivity contribution < 1.29 is 0 Å². The van der Waals surface area contributed by atoms with Crippen LogP contribution in [0.3, 0.4) is 0 Å². The SMILES string of the molecule is CN(CC1CCCCC1)CC1Cc2ccccc2N1. The molecule has 1 aromatic carbocycles. The van der Waals surface area contributed by atoms with Gasteiger partial charge in [0.2, 0.25) is 0 Å². The first-order valence-electron chi connectivity index (χ1n) is 7.84. The van der Waals surface area contributed by atoms with Crippen molar-refractivity contribution in [2.75, 3.05) is 25.5 Å². The van der Waals surface area contributed by atoms with Gasteiger partial charge >= 0.3 is 0 Å². The topological polar surface area (TPSA) is 15.3 Å². The first-order valence-corrected chi connectivity index (χ1v) is 7.84. The lowest BCUT2D eigenvalue weighted by Crippen LogP contribution is -2.36. The highest BCUT2D eigenvalue weighted by molar-refractivity contribution is 5.56. The van der Waals surface area contributed by atoms with Gasteiger partial charge in [0.15, 0.2) is 0 Å². The molecule has 0 amide bonds. The smallest absolute Gasteiger partial charge is 0.0429 e. The van der Waals surface area contributed by atoms with E-state index in [0.717, 1.165) is 5.92 Å². The largest absolute Gasteiger partial charge is 0.380 e. The molecule has 104 valence electrons. The van der Waals surface area contributed by atoms with Gasteiger partial charge in [0.25, 0.3) is 0 Å². The van der Waals surface area contributed by atoms with Gasteiger partial charge in [-0.05, 0) is 43.9 Å². The van der Waals surface area contributed by atoms with Crippen LogP contribution < -0.4 is 5.32 Å². The molecule has 0 radical (unpaired) electrons. The Morgan fingerprint density at radius 1 is 1.11 bits per heavy atom. The van der Waals surface area contributed by atoms with Crippen molar-refractivity contribution in [3.8, 4) is 0 Å². The lowest BCUT2D eigenvalue weighted by Gasteiger charge is -2.28. The Kier molecular flexibility index (Phi) is 4.07. The molecule has 3 rings (SSSR count). The zero-order valence-corrected chi connectivity index (χ0v) is 12.1. The van der Waals surface area contributed by atoms with Crippen LogP contribution in [0.2, 0.25) is 0 Å². The molecule has 1 fully saturated rings. The first kappa shape index (κ1) is 13.0. The van der Waals surface area contributed by atoms with Crippen LogP contribution in [0.1, 0.15) is 37.7 Å². The normalized spacial score (nSPS) is 23.4. The van der Waals surface area contributed by atoms with Gasteiger partial charge in [0.1, 0.15) is 0 Å². The van der Waals surface area contributed by atoms with Crippen LogP contribution in [0.4, 0.5) is 5.69 Å². The third-order valence-corrected chi connectivity index (χ3v) is 4.67. The van der Waals surface area contributed by atoms with Crippen molar-refractivity contribution in [3.63, 3.8) is 0 Å². The Hall–Kier alpha value is -1.02. The summed E-state index contributed by atoms with van der Waals surface area (Å²) in [6.45, 7) is 2.46. The third kappa shape index (κ3) is 3.30. The number of rotatable bonds is 4. The Labute approximate surface area is 117 Å². The summed E-state index contributed by atoms with van der Waals surface area (Å²) in [7, 11) is 2.29. The zero-order chi connectivity index (χ0) is 13.1. The van der Waals surface area contributed by atoms with Crippen LogP contribution in [0, 0.1) is 5.92 Å². The number of likely N-dealkylation sites (N-methyl/N-ethyl adjacent to an activating group) is 1. The number of hydrogen-bond acceptors (Lipinski definition) is 2. The van der Waals surface area contributed by atoms with E-state index < -0.39 is 0 Å². The number of fused-ring (bicyclic) bond motifs is 1. The Morgan fingerprint density at radius 2 is 1.89 bits per heavy atom. The van der Waals surface area contributed by atoms with Crippen LogP contribution in [0.15, 0.2) is 24.3 Å². The number of anilines is 1. The van der Waals surface area contributed by atoms with Gasteiger partial charge in [0.05, 0.1) is 0 Å². The molecule has 1 aromatic rings. The summed E-state index contributed by atoms with van der Waals surface area (Å²) in [4.78, 5) is 2.54. The second kappa shape index (κ2) is 5.96. The Morgan fingerprint density at radius 3 is 2.68 bits per heavy atom. The van der Waals surface area contributed by atoms with Crippen LogP contribution >= 0.6 is 0 Å². The number of benzene rings is 1. The number of nitrogens with zero attached hydrogens (tertiary/aromatic N) is 1. The van der Waals surface area contributed by atoms with E-state index in [9.17, 15) is 0 Å². The minimum Gasteiger partial charge on any atom is -0.380 e. The van der Waals surface area contributed by atoms with Crippen molar-refractivity contribution in [2.24, 2.45) is 5.92 Å². The van der Waals surface area contributed by atoms with Gasteiger partial charge in [-0.2, -0.15) is 0 Å².